The Balaban J connectivity index is 1.98. The van der Waals surface area contributed by atoms with E-state index < -0.39 is 23.6 Å². The number of hydrogen-bond donors (Lipinski definition) is 1. The maximum atomic E-state index is 12.9. The van der Waals surface area contributed by atoms with Crippen molar-refractivity contribution in [3.63, 3.8) is 0 Å². The summed E-state index contributed by atoms with van der Waals surface area (Å²) in [5.41, 5.74) is 1.51. The lowest BCUT2D eigenvalue weighted by Crippen LogP contribution is -2.35. The van der Waals surface area contributed by atoms with E-state index in [9.17, 15) is 22.8 Å². The molecule has 0 bridgehead atoms. The maximum absolute atomic E-state index is 12.9. The van der Waals surface area contributed by atoms with Gasteiger partial charge < -0.3 is 4.74 Å². The van der Waals surface area contributed by atoms with E-state index in [4.69, 9.17) is 4.74 Å². The molecule has 0 aromatic heterocycles. The number of alkyl halides is 3. The van der Waals surface area contributed by atoms with Crippen molar-refractivity contribution in [2.24, 2.45) is 0 Å². The number of nitrogens with one attached hydrogen (secondary N) is 1. The topological polar surface area (TPSA) is 58.6 Å². The fraction of sp³-hybridized carbons (Fsp3) is 0.111. The lowest BCUT2D eigenvalue weighted by molar-refractivity contribution is -0.137. The molecule has 9 heteroatoms. The van der Waals surface area contributed by atoms with Gasteiger partial charge in [-0.05, 0) is 42.5 Å². The Labute approximate surface area is 160 Å². The molecule has 2 amide bonds. The fourth-order valence-corrected chi connectivity index (χ4v) is 2.91. The first-order valence-corrected chi connectivity index (χ1v) is 8.38. The van der Waals surface area contributed by atoms with Crippen LogP contribution in [0.5, 0.6) is 5.75 Å². The summed E-state index contributed by atoms with van der Waals surface area (Å²) >= 11 is 3.29. The normalized spacial score (nSPS) is 16.0. The van der Waals surface area contributed by atoms with Crippen LogP contribution in [0.3, 0.4) is 0 Å². The Morgan fingerprint density at radius 3 is 2.56 bits per heavy atom. The molecule has 27 heavy (non-hydrogen) atoms. The van der Waals surface area contributed by atoms with E-state index in [0.29, 0.717) is 15.8 Å². The number of carbonyl (C=O) groups is 2. The molecule has 0 aliphatic carbocycles. The fourth-order valence-electron chi connectivity index (χ4n) is 2.53. The number of anilines is 1. The number of nitrogens with zero attached hydrogens (tertiary/aromatic N) is 1. The van der Waals surface area contributed by atoms with Crippen molar-refractivity contribution in [3.05, 3.63) is 63.6 Å². The first-order chi connectivity index (χ1) is 12.7. The van der Waals surface area contributed by atoms with Crippen molar-refractivity contribution in [3.8, 4) is 5.75 Å². The van der Waals surface area contributed by atoms with Gasteiger partial charge in [0.1, 0.15) is 11.3 Å². The van der Waals surface area contributed by atoms with Crippen molar-refractivity contribution in [1.82, 2.24) is 5.43 Å². The molecule has 0 radical (unpaired) electrons. The number of halogens is 4. The lowest BCUT2D eigenvalue weighted by atomic mass is 10.1. The molecule has 1 N–H and O–H groups in total. The molecule has 5 nitrogen and oxygen atoms in total. The van der Waals surface area contributed by atoms with Gasteiger partial charge in [-0.3, -0.25) is 15.0 Å². The quantitative estimate of drug-likeness (QED) is 0.580. The minimum Gasteiger partial charge on any atom is -0.496 e. The largest absolute Gasteiger partial charge is 0.496 e. The van der Waals surface area contributed by atoms with Crippen LogP contribution in [-0.4, -0.2) is 18.9 Å². The standard InChI is InChI=1S/C18H12BrF3N2O3/c1-27-15-6-5-12(19)7-10(15)8-14-16(25)23-24(17(14)26)13-4-2-3-11(9-13)18(20,21)22/h2-9H,1H3,(H,23,25). The summed E-state index contributed by atoms with van der Waals surface area (Å²) in [6, 6.07) is 9.17. The minimum atomic E-state index is -4.56. The van der Waals surface area contributed by atoms with Crippen LogP contribution in [0.2, 0.25) is 0 Å². The van der Waals surface area contributed by atoms with E-state index in [1.807, 2.05) is 0 Å². The highest BCUT2D eigenvalue weighted by Gasteiger charge is 2.36. The van der Waals surface area contributed by atoms with E-state index >= 15 is 0 Å². The number of hydrogen-bond acceptors (Lipinski definition) is 3. The number of ether oxygens (including phenoxy) is 1. The van der Waals surface area contributed by atoms with Gasteiger partial charge in [0.05, 0.1) is 18.4 Å². The SMILES string of the molecule is COc1ccc(Br)cc1C=C1C(=O)NN(c2cccc(C(F)(F)F)c2)C1=O. The van der Waals surface area contributed by atoms with Gasteiger partial charge in [0.2, 0.25) is 0 Å². The number of rotatable bonds is 3. The third kappa shape index (κ3) is 3.82. The first kappa shape index (κ1) is 19.0. The van der Waals surface area contributed by atoms with Gasteiger partial charge in [0.25, 0.3) is 11.8 Å². The van der Waals surface area contributed by atoms with Crippen molar-refractivity contribution >= 4 is 39.5 Å². The zero-order valence-corrected chi connectivity index (χ0v) is 15.4. The molecular formula is C18H12BrF3N2O3. The number of hydrazine groups is 1. The van der Waals surface area contributed by atoms with Gasteiger partial charge >= 0.3 is 6.18 Å². The van der Waals surface area contributed by atoms with Crippen LogP contribution < -0.4 is 15.2 Å². The zero-order valence-electron chi connectivity index (χ0n) is 13.8. The second-order valence-electron chi connectivity index (χ2n) is 5.57. The highest BCUT2D eigenvalue weighted by Crippen LogP contribution is 2.33. The average Bonchev–Trinajstić information content (AvgIpc) is 2.89. The third-order valence-electron chi connectivity index (χ3n) is 3.81. The monoisotopic (exact) mass is 440 g/mol. The summed E-state index contributed by atoms with van der Waals surface area (Å²) in [6.07, 6.45) is -3.24. The Hall–Kier alpha value is -2.81. The van der Waals surface area contributed by atoms with Gasteiger partial charge in [0, 0.05) is 10.0 Å². The molecule has 1 aliphatic heterocycles. The van der Waals surface area contributed by atoms with Crippen LogP contribution in [0, 0.1) is 0 Å². The summed E-state index contributed by atoms with van der Waals surface area (Å²) in [6.45, 7) is 0. The van der Waals surface area contributed by atoms with Gasteiger partial charge in [-0.1, -0.05) is 22.0 Å². The molecule has 140 valence electrons. The molecule has 0 atom stereocenters. The van der Waals surface area contributed by atoms with Crippen molar-refractivity contribution in [2.45, 2.75) is 6.18 Å². The molecule has 0 unspecified atom stereocenters. The Morgan fingerprint density at radius 2 is 1.89 bits per heavy atom. The third-order valence-corrected chi connectivity index (χ3v) is 4.31. The molecule has 1 heterocycles. The molecule has 0 spiro atoms. The minimum absolute atomic E-state index is 0.0900. The van der Waals surface area contributed by atoms with Crippen LogP contribution in [0.25, 0.3) is 6.08 Å². The van der Waals surface area contributed by atoms with E-state index in [1.165, 1.54) is 19.3 Å². The molecule has 1 saturated heterocycles. The van der Waals surface area contributed by atoms with E-state index in [-0.39, 0.29) is 11.3 Å². The second-order valence-corrected chi connectivity index (χ2v) is 6.49. The van der Waals surface area contributed by atoms with Crippen LogP contribution in [-0.2, 0) is 15.8 Å². The smallest absolute Gasteiger partial charge is 0.416 e. The van der Waals surface area contributed by atoms with Gasteiger partial charge in [-0.15, -0.1) is 0 Å². The van der Waals surface area contributed by atoms with Gasteiger partial charge in [-0.2, -0.15) is 13.2 Å². The predicted octanol–water partition coefficient (Wildman–Crippen LogP) is 3.94. The van der Waals surface area contributed by atoms with Crippen LogP contribution in [0.4, 0.5) is 18.9 Å². The van der Waals surface area contributed by atoms with Crippen LogP contribution in [0.15, 0.2) is 52.5 Å². The molecule has 1 aliphatic rings. The van der Waals surface area contributed by atoms with E-state index in [2.05, 4.69) is 21.4 Å². The number of carbonyl (C=O) groups excluding carboxylic acids is 2. The molecule has 0 saturated carbocycles. The number of methoxy groups -OCH3 is 1. The Morgan fingerprint density at radius 1 is 1.15 bits per heavy atom. The van der Waals surface area contributed by atoms with Gasteiger partial charge in [0.15, 0.2) is 0 Å². The molecular weight excluding hydrogens is 429 g/mol. The molecule has 2 aromatic carbocycles. The zero-order chi connectivity index (χ0) is 19.8. The number of benzene rings is 2. The molecule has 1 fully saturated rings. The molecule has 3 rings (SSSR count). The Bertz CT molecular complexity index is 957. The maximum Gasteiger partial charge on any atom is 0.416 e. The van der Waals surface area contributed by atoms with Crippen LogP contribution in [0.1, 0.15) is 11.1 Å². The lowest BCUT2D eigenvalue weighted by Gasteiger charge is -2.16. The highest BCUT2D eigenvalue weighted by atomic mass is 79.9. The summed E-state index contributed by atoms with van der Waals surface area (Å²) in [5.74, 6) is -1.05. The number of amides is 2. The van der Waals surface area contributed by atoms with E-state index in [0.717, 1.165) is 23.2 Å². The predicted molar refractivity (Wildman–Crippen MR) is 95.7 cm³/mol. The van der Waals surface area contributed by atoms with Crippen molar-refractivity contribution in [2.75, 3.05) is 12.1 Å². The Kier molecular flexibility index (Phi) is 4.97. The summed E-state index contributed by atoms with van der Waals surface area (Å²) < 4.78 is 44.6. The second kappa shape index (κ2) is 7.07. The summed E-state index contributed by atoms with van der Waals surface area (Å²) in [5, 5.41) is 0.786. The molecule has 2 aromatic rings. The van der Waals surface area contributed by atoms with E-state index in [1.54, 1.807) is 18.2 Å². The van der Waals surface area contributed by atoms with Crippen LogP contribution >= 0.6 is 15.9 Å². The van der Waals surface area contributed by atoms with Gasteiger partial charge in [-0.25, -0.2) is 5.01 Å². The van der Waals surface area contributed by atoms with Crippen molar-refractivity contribution in [1.29, 1.82) is 0 Å². The average molecular weight is 441 g/mol. The van der Waals surface area contributed by atoms with Crippen molar-refractivity contribution < 1.29 is 27.5 Å². The summed E-state index contributed by atoms with van der Waals surface area (Å²) in [7, 11) is 1.44. The highest BCUT2D eigenvalue weighted by molar-refractivity contribution is 9.10. The summed E-state index contributed by atoms with van der Waals surface area (Å²) in [4.78, 5) is 24.8. The first-order valence-electron chi connectivity index (χ1n) is 7.58.